The molecular weight excluding hydrogens is 394 g/mol. The summed E-state index contributed by atoms with van der Waals surface area (Å²) in [5.74, 6) is 4.81. The molecule has 0 bridgehead atoms. The van der Waals surface area contributed by atoms with Crippen LogP contribution < -0.4 is 10.6 Å². The monoisotopic (exact) mass is 405 g/mol. The fourth-order valence-electron chi connectivity index (χ4n) is 2.35. The van der Waals surface area contributed by atoms with Crippen LogP contribution in [0.25, 0.3) is 10.9 Å². The minimum Gasteiger partial charge on any atom is -0.354 e. The average molecular weight is 406 g/mol. The normalized spacial score (nSPS) is 9.73. The summed E-state index contributed by atoms with van der Waals surface area (Å²) in [6, 6.07) is 11.4. The summed E-state index contributed by atoms with van der Waals surface area (Å²) in [4.78, 5) is 20.1. The summed E-state index contributed by atoms with van der Waals surface area (Å²) in [7, 11) is 0. The van der Waals surface area contributed by atoms with Crippen LogP contribution in [-0.2, 0) is 4.79 Å². The van der Waals surface area contributed by atoms with Gasteiger partial charge in [-0.15, -0.1) is 0 Å². The predicted molar refractivity (Wildman–Crippen MR) is 104 cm³/mol. The molecule has 6 nitrogen and oxygen atoms in total. The van der Waals surface area contributed by atoms with Crippen LogP contribution in [0.2, 0.25) is 0 Å². The number of hydrogen-bond donors (Lipinski definition) is 2. The van der Waals surface area contributed by atoms with Crippen LogP contribution in [0.1, 0.15) is 12.5 Å². The van der Waals surface area contributed by atoms with Crippen molar-refractivity contribution >= 4 is 49.9 Å². The van der Waals surface area contributed by atoms with Crippen LogP contribution in [0.4, 0.5) is 17.2 Å². The van der Waals surface area contributed by atoms with Crippen LogP contribution in [0.5, 0.6) is 0 Å². The Labute approximate surface area is 158 Å². The van der Waals surface area contributed by atoms with E-state index in [4.69, 9.17) is 0 Å². The number of nitrogens with zero attached hydrogens (tertiary/aromatic N) is 3. The Hall–Kier alpha value is -3.42. The van der Waals surface area contributed by atoms with E-state index < -0.39 is 5.91 Å². The molecule has 2 aromatic heterocycles. The van der Waals surface area contributed by atoms with Gasteiger partial charge in [0, 0.05) is 21.7 Å². The Balaban J connectivity index is 2.10. The highest BCUT2D eigenvalue weighted by Crippen LogP contribution is 2.30. The maximum atomic E-state index is 11.7. The third-order valence-electron chi connectivity index (χ3n) is 3.45. The molecule has 7 heteroatoms. The molecule has 2 N–H and O–H groups in total. The first-order valence-electron chi connectivity index (χ1n) is 7.56. The number of anilines is 3. The first-order chi connectivity index (χ1) is 12.6. The molecular formula is C19H12BrN5O. The summed E-state index contributed by atoms with van der Waals surface area (Å²) >= 11 is 3.43. The molecule has 0 unspecified atom stereocenters. The van der Waals surface area contributed by atoms with Crippen molar-refractivity contribution in [3.8, 4) is 17.9 Å². The SMILES string of the molecule is CC#CC(=O)Nc1cc2c(Nc3cccc(Br)c3)c(C#N)cnc2cn1. The summed E-state index contributed by atoms with van der Waals surface area (Å²) in [5.41, 5.74) is 2.38. The molecule has 0 atom stereocenters. The maximum absolute atomic E-state index is 11.7. The van der Waals surface area contributed by atoms with Gasteiger partial charge in [0.15, 0.2) is 0 Å². The molecule has 0 fully saturated rings. The molecule has 2 heterocycles. The second-order valence-corrected chi connectivity index (χ2v) is 6.13. The second-order valence-electron chi connectivity index (χ2n) is 5.21. The topological polar surface area (TPSA) is 90.7 Å². The summed E-state index contributed by atoms with van der Waals surface area (Å²) in [6.07, 6.45) is 3.03. The minimum absolute atomic E-state index is 0.333. The number of benzene rings is 1. The first kappa shape index (κ1) is 17.4. The third kappa shape index (κ3) is 3.80. The molecule has 0 spiro atoms. The predicted octanol–water partition coefficient (Wildman–Crippen LogP) is 3.97. The molecule has 1 aromatic carbocycles. The number of fused-ring (bicyclic) bond motifs is 1. The Morgan fingerprint density at radius 2 is 2.08 bits per heavy atom. The quantitative estimate of drug-likeness (QED) is 0.643. The fourth-order valence-corrected chi connectivity index (χ4v) is 2.75. The van der Waals surface area contributed by atoms with E-state index in [0.717, 1.165) is 10.2 Å². The highest BCUT2D eigenvalue weighted by Gasteiger charge is 2.12. The number of rotatable bonds is 3. The van der Waals surface area contributed by atoms with E-state index in [1.165, 1.54) is 12.4 Å². The van der Waals surface area contributed by atoms with Crippen molar-refractivity contribution in [2.75, 3.05) is 10.6 Å². The van der Waals surface area contributed by atoms with Crippen molar-refractivity contribution in [1.82, 2.24) is 9.97 Å². The molecule has 0 saturated carbocycles. The Kier molecular flexibility index (Phi) is 5.12. The van der Waals surface area contributed by atoms with E-state index in [2.05, 4.69) is 54.4 Å². The summed E-state index contributed by atoms with van der Waals surface area (Å²) < 4.78 is 0.909. The maximum Gasteiger partial charge on any atom is 0.301 e. The standard InChI is InChI=1S/C19H12BrN5O/c1-2-4-18(26)25-17-8-15-16(11-23-17)22-10-12(9-21)19(15)24-14-6-3-5-13(20)7-14/h3,5-8,10-11H,1H3,(H,22,24)(H,23,25,26). The molecule has 0 radical (unpaired) electrons. The highest BCUT2D eigenvalue weighted by atomic mass is 79.9. The number of halogens is 1. The number of pyridine rings is 2. The number of carbonyl (C=O) groups excluding carboxylic acids is 1. The van der Waals surface area contributed by atoms with E-state index >= 15 is 0 Å². The van der Waals surface area contributed by atoms with Gasteiger partial charge in [0.2, 0.25) is 0 Å². The van der Waals surface area contributed by atoms with Crippen LogP contribution in [0.3, 0.4) is 0 Å². The van der Waals surface area contributed by atoms with Crippen molar-refractivity contribution in [1.29, 1.82) is 5.26 Å². The number of nitrogens with one attached hydrogen (secondary N) is 2. The van der Waals surface area contributed by atoms with Gasteiger partial charge in [0.1, 0.15) is 11.9 Å². The van der Waals surface area contributed by atoms with E-state index in [0.29, 0.717) is 28.0 Å². The van der Waals surface area contributed by atoms with Crippen molar-refractivity contribution in [3.05, 3.63) is 52.8 Å². The lowest BCUT2D eigenvalue weighted by molar-refractivity contribution is -0.111. The molecule has 0 aliphatic carbocycles. The van der Waals surface area contributed by atoms with Crippen molar-refractivity contribution < 1.29 is 4.79 Å². The second kappa shape index (κ2) is 7.64. The van der Waals surface area contributed by atoms with Gasteiger partial charge in [-0.2, -0.15) is 5.26 Å². The smallest absolute Gasteiger partial charge is 0.301 e. The number of nitriles is 1. The van der Waals surface area contributed by atoms with Gasteiger partial charge in [0.25, 0.3) is 0 Å². The Morgan fingerprint density at radius 3 is 2.81 bits per heavy atom. The molecule has 3 aromatic rings. The molecule has 0 saturated heterocycles. The number of aromatic nitrogens is 2. The van der Waals surface area contributed by atoms with Crippen LogP contribution in [0.15, 0.2) is 47.2 Å². The van der Waals surface area contributed by atoms with Gasteiger partial charge in [-0.1, -0.05) is 27.9 Å². The summed E-state index contributed by atoms with van der Waals surface area (Å²) in [6.45, 7) is 1.58. The zero-order chi connectivity index (χ0) is 18.5. The molecule has 3 rings (SSSR count). The number of hydrogen-bond acceptors (Lipinski definition) is 5. The van der Waals surface area contributed by atoms with Crippen molar-refractivity contribution in [2.45, 2.75) is 6.92 Å². The Bertz CT molecular complexity index is 1110. The molecule has 126 valence electrons. The molecule has 26 heavy (non-hydrogen) atoms. The zero-order valence-electron chi connectivity index (χ0n) is 13.7. The van der Waals surface area contributed by atoms with Crippen LogP contribution >= 0.6 is 15.9 Å². The van der Waals surface area contributed by atoms with Gasteiger partial charge >= 0.3 is 5.91 Å². The number of amides is 1. The van der Waals surface area contributed by atoms with Gasteiger partial charge in [-0.25, -0.2) is 4.98 Å². The van der Waals surface area contributed by atoms with Crippen LogP contribution in [0, 0.1) is 23.2 Å². The number of carbonyl (C=O) groups is 1. The van der Waals surface area contributed by atoms with E-state index in [1.54, 1.807) is 13.0 Å². The van der Waals surface area contributed by atoms with Crippen molar-refractivity contribution in [2.24, 2.45) is 0 Å². The lowest BCUT2D eigenvalue weighted by Crippen LogP contribution is -2.10. The van der Waals surface area contributed by atoms with E-state index in [9.17, 15) is 10.1 Å². The molecule has 0 aliphatic rings. The zero-order valence-corrected chi connectivity index (χ0v) is 15.3. The summed E-state index contributed by atoms with van der Waals surface area (Å²) in [5, 5.41) is 16.0. The molecule has 1 amide bonds. The van der Waals surface area contributed by atoms with E-state index in [1.807, 2.05) is 24.3 Å². The lowest BCUT2D eigenvalue weighted by atomic mass is 10.1. The van der Waals surface area contributed by atoms with Gasteiger partial charge < -0.3 is 5.32 Å². The highest BCUT2D eigenvalue weighted by molar-refractivity contribution is 9.10. The van der Waals surface area contributed by atoms with E-state index in [-0.39, 0.29) is 0 Å². The average Bonchev–Trinajstić information content (AvgIpc) is 2.62. The Morgan fingerprint density at radius 1 is 1.23 bits per heavy atom. The van der Waals surface area contributed by atoms with Gasteiger partial charge in [-0.05, 0) is 37.1 Å². The fraction of sp³-hybridized carbons (Fsp3) is 0.0526. The van der Waals surface area contributed by atoms with Crippen molar-refractivity contribution in [3.63, 3.8) is 0 Å². The first-order valence-corrected chi connectivity index (χ1v) is 8.35. The minimum atomic E-state index is -0.453. The lowest BCUT2D eigenvalue weighted by Gasteiger charge is -2.12. The van der Waals surface area contributed by atoms with Gasteiger partial charge in [0.05, 0.1) is 23.0 Å². The molecule has 0 aliphatic heterocycles. The third-order valence-corrected chi connectivity index (χ3v) is 3.94. The van der Waals surface area contributed by atoms with Gasteiger partial charge in [-0.3, -0.25) is 15.1 Å². The largest absolute Gasteiger partial charge is 0.354 e. The van der Waals surface area contributed by atoms with Crippen LogP contribution in [-0.4, -0.2) is 15.9 Å².